The van der Waals surface area contributed by atoms with Crippen LogP contribution in [0.3, 0.4) is 0 Å². The van der Waals surface area contributed by atoms with Gasteiger partial charge in [0.05, 0.1) is 12.7 Å². The van der Waals surface area contributed by atoms with Gasteiger partial charge in [0.1, 0.15) is 55.4 Å². The van der Waals surface area contributed by atoms with E-state index in [-0.39, 0.29) is 13.2 Å². The zero-order valence-electron chi connectivity index (χ0n) is 14.4. The van der Waals surface area contributed by atoms with Gasteiger partial charge in [0.2, 0.25) is 0 Å². The summed E-state index contributed by atoms with van der Waals surface area (Å²) in [7, 11) is 0. The maximum absolute atomic E-state index is 10.9. The Hall–Kier alpha value is -0.890. The summed E-state index contributed by atoms with van der Waals surface area (Å²) in [5, 5.41) is 59.2. The molecule has 0 saturated carbocycles. The number of carbonyl (C=O) groups excluding carboxylic acids is 1. The minimum absolute atomic E-state index is 0.333. The number of esters is 1. The number of hydrogen-bond donors (Lipinski definition) is 6. The van der Waals surface area contributed by atoms with Crippen molar-refractivity contribution in [2.24, 2.45) is 0 Å². The summed E-state index contributed by atoms with van der Waals surface area (Å²) >= 11 is 0. The average Bonchev–Trinajstić information content (AvgIpc) is 2.60. The molecule has 0 amide bonds. The average molecular weight is 382 g/mol. The van der Waals surface area contributed by atoms with Gasteiger partial charge in [-0.1, -0.05) is 0 Å². The third-order valence-electron chi connectivity index (χ3n) is 4.50. The highest BCUT2D eigenvalue weighted by molar-refractivity contribution is 5.65. The van der Waals surface area contributed by atoms with Crippen LogP contribution in [0.2, 0.25) is 0 Å². The molecule has 26 heavy (non-hydrogen) atoms. The molecule has 10 atom stereocenters. The summed E-state index contributed by atoms with van der Waals surface area (Å²) in [5.74, 6) is -0.612. The lowest BCUT2D eigenvalue weighted by molar-refractivity contribution is -0.314. The number of rotatable bonds is 5. The summed E-state index contributed by atoms with van der Waals surface area (Å²) in [6, 6.07) is 0. The second-order valence-electron chi connectivity index (χ2n) is 6.50. The monoisotopic (exact) mass is 382 g/mol. The number of carbonyl (C=O) groups is 1. The van der Waals surface area contributed by atoms with Gasteiger partial charge in [-0.3, -0.25) is 4.79 Å². The van der Waals surface area contributed by atoms with Crippen molar-refractivity contribution in [1.82, 2.24) is 0 Å². The van der Waals surface area contributed by atoms with Crippen LogP contribution in [-0.2, 0) is 23.7 Å². The van der Waals surface area contributed by atoms with Crippen molar-refractivity contribution >= 4 is 5.97 Å². The first-order chi connectivity index (χ1) is 12.1. The molecule has 0 aliphatic carbocycles. The van der Waals surface area contributed by atoms with Gasteiger partial charge in [-0.15, -0.1) is 0 Å². The van der Waals surface area contributed by atoms with Crippen molar-refractivity contribution in [2.45, 2.75) is 75.1 Å². The van der Waals surface area contributed by atoms with Gasteiger partial charge in [0, 0.05) is 6.92 Å². The lowest BCUT2D eigenvalue weighted by Gasteiger charge is -2.42. The van der Waals surface area contributed by atoms with Gasteiger partial charge in [-0.05, 0) is 6.92 Å². The van der Waals surface area contributed by atoms with Crippen molar-refractivity contribution in [3.8, 4) is 0 Å². The van der Waals surface area contributed by atoms with Crippen LogP contribution in [0, 0.1) is 0 Å². The van der Waals surface area contributed by atoms with Crippen LogP contribution in [-0.4, -0.2) is 111 Å². The molecule has 2 aliphatic rings. The number of aliphatic hydroxyl groups excluding tert-OH is 6. The number of aliphatic hydroxyl groups is 6. The van der Waals surface area contributed by atoms with E-state index in [9.17, 15) is 35.4 Å². The maximum Gasteiger partial charge on any atom is 0.302 e. The summed E-state index contributed by atoms with van der Waals surface area (Å²) in [6.07, 6.45) is -13.2. The summed E-state index contributed by atoms with van der Waals surface area (Å²) in [4.78, 5) is 10.9. The molecule has 2 rings (SSSR count). The molecule has 0 spiro atoms. The first kappa shape index (κ1) is 21.4. The molecule has 11 heteroatoms. The Kier molecular flexibility index (Phi) is 7.30. The molecular formula is C15H26O11. The van der Waals surface area contributed by atoms with Crippen molar-refractivity contribution in [1.29, 1.82) is 0 Å². The Morgan fingerprint density at radius 3 is 1.92 bits per heavy atom. The molecule has 0 bridgehead atoms. The van der Waals surface area contributed by atoms with Crippen LogP contribution in [0.4, 0.5) is 0 Å². The fourth-order valence-corrected chi connectivity index (χ4v) is 2.86. The Labute approximate surface area is 149 Å². The molecular weight excluding hydrogens is 356 g/mol. The van der Waals surface area contributed by atoms with Crippen molar-refractivity contribution in [2.75, 3.05) is 13.2 Å². The van der Waals surface area contributed by atoms with Crippen LogP contribution in [0.15, 0.2) is 0 Å². The molecule has 11 nitrogen and oxygen atoms in total. The summed E-state index contributed by atoms with van der Waals surface area (Å²) in [5.41, 5.74) is 0. The topological polar surface area (TPSA) is 175 Å². The first-order valence-corrected chi connectivity index (χ1v) is 8.27. The van der Waals surface area contributed by atoms with E-state index >= 15 is 0 Å². The predicted octanol–water partition coefficient (Wildman–Crippen LogP) is -3.76. The molecule has 2 aliphatic heterocycles. The standard InChI is InChI=1S/C15H26O11/c1-5-9(17)12(20)10(18)7(25-5)4-24-15-14(22)13(21)11(19)8(26-15)3-23-6(2)16/h5,7-15,17-22H,3-4H2,1-2H3/t5?,7?,8?,9?,10-,11+,12-,13+,14?,15+/m1/s1. The molecule has 152 valence electrons. The molecule has 0 aromatic heterocycles. The molecule has 2 saturated heterocycles. The zero-order valence-corrected chi connectivity index (χ0v) is 14.4. The fraction of sp³-hybridized carbons (Fsp3) is 0.933. The van der Waals surface area contributed by atoms with Crippen LogP contribution < -0.4 is 0 Å². The quantitative estimate of drug-likeness (QED) is 0.258. The third kappa shape index (κ3) is 4.68. The fourth-order valence-electron chi connectivity index (χ4n) is 2.86. The molecule has 2 heterocycles. The van der Waals surface area contributed by atoms with Gasteiger partial charge >= 0.3 is 5.97 Å². The highest BCUT2D eigenvalue weighted by atomic mass is 16.7. The molecule has 0 radical (unpaired) electrons. The Bertz CT molecular complexity index is 475. The van der Waals surface area contributed by atoms with Crippen LogP contribution in [0.5, 0.6) is 0 Å². The molecule has 5 unspecified atom stereocenters. The summed E-state index contributed by atoms with van der Waals surface area (Å²) < 4.78 is 20.8. The largest absolute Gasteiger partial charge is 0.463 e. The number of hydrogen-bond acceptors (Lipinski definition) is 11. The Morgan fingerprint density at radius 1 is 0.808 bits per heavy atom. The normalized spacial score (nSPS) is 46.8. The van der Waals surface area contributed by atoms with Crippen LogP contribution in [0.1, 0.15) is 13.8 Å². The lowest BCUT2D eigenvalue weighted by Crippen LogP contribution is -2.61. The highest BCUT2D eigenvalue weighted by Crippen LogP contribution is 2.25. The van der Waals surface area contributed by atoms with E-state index in [1.54, 1.807) is 0 Å². The van der Waals surface area contributed by atoms with Gasteiger partial charge in [-0.2, -0.15) is 0 Å². The first-order valence-electron chi connectivity index (χ1n) is 8.27. The maximum atomic E-state index is 10.9. The highest BCUT2D eigenvalue weighted by Gasteiger charge is 2.46. The predicted molar refractivity (Wildman–Crippen MR) is 81.6 cm³/mol. The van der Waals surface area contributed by atoms with Crippen LogP contribution in [0.25, 0.3) is 0 Å². The van der Waals surface area contributed by atoms with E-state index in [0.29, 0.717) is 0 Å². The van der Waals surface area contributed by atoms with E-state index in [4.69, 9.17) is 18.9 Å². The van der Waals surface area contributed by atoms with E-state index < -0.39 is 67.2 Å². The molecule has 0 aromatic carbocycles. The number of ether oxygens (including phenoxy) is 4. The van der Waals surface area contributed by atoms with E-state index in [2.05, 4.69) is 0 Å². The van der Waals surface area contributed by atoms with E-state index in [1.165, 1.54) is 6.92 Å². The minimum atomic E-state index is -1.61. The van der Waals surface area contributed by atoms with Crippen molar-refractivity contribution in [3.05, 3.63) is 0 Å². The lowest BCUT2D eigenvalue weighted by atomic mass is 9.96. The van der Waals surface area contributed by atoms with Gasteiger partial charge in [0.15, 0.2) is 6.29 Å². The molecule has 0 aromatic rings. The van der Waals surface area contributed by atoms with Gasteiger partial charge < -0.3 is 49.6 Å². The zero-order chi connectivity index (χ0) is 19.6. The molecule has 6 N–H and O–H groups in total. The summed E-state index contributed by atoms with van der Waals surface area (Å²) in [6.45, 7) is 1.98. The van der Waals surface area contributed by atoms with E-state index in [1.807, 2.05) is 0 Å². The van der Waals surface area contributed by atoms with Crippen molar-refractivity contribution in [3.63, 3.8) is 0 Å². The minimum Gasteiger partial charge on any atom is -0.463 e. The second-order valence-corrected chi connectivity index (χ2v) is 6.50. The Morgan fingerprint density at radius 2 is 1.35 bits per heavy atom. The van der Waals surface area contributed by atoms with Crippen molar-refractivity contribution < 1.29 is 54.4 Å². The van der Waals surface area contributed by atoms with Gasteiger partial charge in [0.25, 0.3) is 0 Å². The van der Waals surface area contributed by atoms with Gasteiger partial charge in [-0.25, -0.2) is 0 Å². The second kappa shape index (κ2) is 8.87. The van der Waals surface area contributed by atoms with E-state index in [0.717, 1.165) is 6.92 Å². The smallest absolute Gasteiger partial charge is 0.302 e. The third-order valence-corrected chi connectivity index (χ3v) is 4.50. The Balaban J connectivity index is 1.95. The molecule has 2 fully saturated rings. The SMILES string of the molecule is CC(=O)OCC1O[C@H](OCC2OC(C)C(O)[C@@H](O)[C@@H]2O)C(O)[C@@H](O)[C@H]1O. The van der Waals surface area contributed by atoms with Crippen LogP contribution >= 0.6 is 0 Å².